The summed E-state index contributed by atoms with van der Waals surface area (Å²) in [5, 5.41) is 1.93. The summed E-state index contributed by atoms with van der Waals surface area (Å²) in [5.74, 6) is 5.99. The maximum absolute atomic E-state index is 11.6. The van der Waals surface area contributed by atoms with E-state index in [0.717, 1.165) is 16.9 Å². The van der Waals surface area contributed by atoms with Gasteiger partial charge in [-0.1, -0.05) is 11.8 Å². The van der Waals surface area contributed by atoms with Crippen molar-refractivity contribution < 1.29 is 8.42 Å². The van der Waals surface area contributed by atoms with Crippen LogP contribution in [-0.2, 0) is 16.6 Å². The third-order valence-electron chi connectivity index (χ3n) is 2.52. The zero-order chi connectivity index (χ0) is 12.3. The molecule has 4 nitrogen and oxygen atoms in total. The lowest BCUT2D eigenvalue weighted by atomic mass is 10.3. The minimum absolute atomic E-state index is 0.276. The molecule has 1 fully saturated rings. The van der Waals surface area contributed by atoms with Gasteiger partial charge < -0.3 is 5.73 Å². The van der Waals surface area contributed by atoms with Crippen molar-refractivity contribution in [3.8, 4) is 11.8 Å². The normalized spacial score (nSPS) is 18.9. The third-order valence-corrected chi connectivity index (χ3v) is 5.35. The van der Waals surface area contributed by atoms with E-state index in [-0.39, 0.29) is 5.75 Å². The molecule has 17 heavy (non-hydrogen) atoms. The SMILES string of the molecule is NCC#Cc1csc(CN2CCCS2(=O)=O)c1. The van der Waals surface area contributed by atoms with Crippen molar-refractivity contribution in [2.24, 2.45) is 5.73 Å². The average Bonchev–Trinajstić information content (AvgIpc) is 2.84. The standard InChI is InChI=1S/C11H14N2O2S2/c12-4-1-3-10-7-11(16-9-10)8-13-5-2-6-17(13,14)15/h7,9H,2,4-6,8,12H2. The summed E-state index contributed by atoms with van der Waals surface area (Å²) in [7, 11) is -3.01. The van der Waals surface area contributed by atoms with Gasteiger partial charge in [-0.3, -0.25) is 0 Å². The van der Waals surface area contributed by atoms with E-state index < -0.39 is 10.0 Å². The summed E-state index contributed by atoms with van der Waals surface area (Å²) in [4.78, 5) is 1.02. The molecule has 0 bridgehead atoms. The first-order valence-electron chi connectivity index (χ1n) is 5.36. The smallest absolute Gasteiger partial charge is 0.214 e. The number of thiophene rings is 1. The molecule has 0 amide bonds. The molecule has 1 aromatic heterocycles. The van der Waals surface area contributed by atoms with Gasteiger partial charge in [-0.25, -0.2) is 8.42 Å². The summed E-state index contributed by atoms with van der Waals surface area (Å²) >= 11 is 1.54. The highest BCUT2D eigenvalue weighted by molar-refractivity contribution is 7.89. The van der Waals surface area contributed by atoms with Crippen LogP contribution < -0.4 is 5.73 Å². The van der Waals surface area contributed by atoms with Gasteiger partial charge in [0.15, 0.2) is 0 Å². The molecular formula is C11H14N2O2S2. The monoisotopic (exact) mass is 270 g/mol. The maximum atomic E-state index is 11.6. The van der Waals surface area contributed by atoms with Gasteiger partial charge in [-0.15, -0.1) is 11.3 Å². The quantitative estimate of drug-likeness (QED) is 0.800. The highest BCUT2D eigenvalue weighted by atomic mass is 32.2. The first-order chi connectivity index (χ1) is 8.12. The number of sulfonamides is 1. The summed E-state index contributed by atoms with van der Waals surface area (Å²) < 4.78 is 24.8. The van der Waals surface area contributed by atoms with Crippen molar-refractivity contribution in [3.05, 3.63) is 21.9 Å². The minimum atomic E-state index is -3.01. The van der Waals surface area contributed by atoms with E-state index >= 15 is 0 Å². The Hall–Kier alpha value is -0.870. The van der Waals surface area contributed by atoms with Crippen molar-refractivity contribution in [2.45, 2.75) is 13.0 Å². The molecule has 0 spiro atoms. The molecule has 0 unspecified atom stereocenters. The van der Waals surface area contributed by atoms with E-state index in [1.54, 1.807) is 4.31 Å². The largest absolute Gasteiger partial charge is 0.320 e. The fourth-order valence-electron chi connectivity index (χ4n) is 1.72. The first kappa shape index (κ1) is 12.6. The fourth-order valence-corrected chi connectivity index (χ4v) is 4.13. The second-order valence-corrected chi connectivity index (χ2v) is 6.89. The highest BCUT2D eigenvalue weighted by Crippen LogP contribution is 2.21. The first-order valence-corrected chi connectivity index (χ1v) is 7.85. The molecule has 2 rings (SSSR count). The number of hydrogen-bond acceptors (Lipinski definition) is 4. The lowest BCUT2D eigenvalue weighted by Gasteiger charge is -2.12. The summed E-state index contributed by atoms with van der Waals surface area (Å²) in [5.41, 5.74) is 6.20. The molecule has 0 aromatic carbocycles. The molecule has 0 radical (unpaired) electrons. The van der Waals surface area contributed by atoms with Gasteiger partial charge in [0.05, 0.1) is 12.3 Å². The van der Waals surface area contributed by atoms with E-state index in [4.69, 9.17) is 5.73 Å². The van der Waals surface area contributed by atoms with Crippen molar-refractivity contribution in [1.82, 2.24) is 4.31 Å². The number of hydrogen-bond donors (Lipinski definition) is 1. The molecule has 92 valence electrons. The second-order valence-electron chi connectivity index (χ2n) is 3.81. The molecule has 0 aliphatic carbocycles. The molecule has 2 heterocycles. The molecule has 1 aliphatic heterocycles. The molecule has 1 aromatic rings. The Morgan fingerprint density at radius 2 is 2.35 bits per heavy atom. The predicted octanol–water partition coefficient (Wildman–Crippen LogP) is 0.594. The van der Waals surface area contributed by atoms with E-state index in [9.17, 15) is 8.42 Å². The summed E-state index contributed by atoms with van der Waals surface area (Å²) in [6, 6.07) is 1.93. The number of nitrogens with two attached hydrogens (primary N) is 1. The topological polar surface area (TPSA) is 63.4 Å². The van der Waals surface area contributed by atoms with Crippen LogP contribution in [0, 0.1) is 11.8 Å². The van der Waals surface area contributed by atoms with Crippen LogP contribution in [0.4, 0.5) is 0 Å². The van der Waals surface area contributed by atoms with Crippen LogP contribution in [-0.4, -0.2) is 31.6 Å². The van der Waals surface area contributed by atoms with E-state index in [0.29, 0.717) is 19.6 Å². The van der Waals surface area contributed by atoms with Gasteiger partial charge in [0.25, 0.3) is 0 Å². The van der Waals surface area contributed by atoms with Crippen LogP contribution in [0.15, 0.2) is 11.4 Å². The zero-order valence-corrected chi connectivity index (χ0v) is 11.0. The molecule has 6 heteroatoms. The number of rotatable bonds is 2. The highest BCUT2D eigenvalue weighted by Gasteiger charge is 2.28. The molecule has 1 aliphatic rings. The van der Waals surface area contributed by atoms with Crippen molar-refractivity contribution in [2.75, 3.05) is 18.8 Å². The van der Waals surface area contributed by atoms with Crippen molar-refractivity contribution >= 4 is 21.4 Å². The minimum Gasteiger partial charge on any atom is -0.320 e. The van der Waals surface area contributed by atoms with Crippen LogP contribution in [0.5, 0.6) is 0 Å². The Labute approximate surface area is 105 Å². The Bertz CT molecular complexity index is 552. The number of nitrogens with zero attached hydrogens (tertiary/aromatic N) is 1. The van der Waals surface area contributed by atoms with Gasteiger partial charge in [0, 0.05) is 28.9 Å². The van der Waals surface area contributed by atoms with Crippen LogP contribution in [0.25, 0.3) is 0 Å². The lowest BCUT2D eigenvalue weighted by Crippen LogP contribution is -2.24. The molecule has 0 saturated carbocycles. The van der Waals surface area contributed by atoms with E-state index in [2.05, 4.69) is 11.8 Å². The van der Waals surface area contributed by atoms with Gasteiger partial charge in [0.2, 0.25) is 10.0 Å². The molecule has 1 saturated heterocycles. The maximum Gasteiger partial charge on any atom is 0.214 e. The van der Waals surface area contributed by atoms with Gasteiger partial charge in [-0.05, 0) is 12.5 Å². The molecule has 2 N–H and O–H groups in total. The Morgan fingerprint density at radius 3 is 3.00 bits per heavy atom. The van der Waals surface area contributed by atoms with Crippen molar-refractivity contribution in [1.29, 1.82) is 0 Å². The van der Waals surface area contributed by atoms with E-state index in [1.165, 1.54) is 11.3 Å². The third kappa shape index (κ3) is 3.07. The predicted molar refractivity (Wildman–Crippen MR) is 69.1 cm³/mol. The van der Waals surface area contributed by atoms with Gasteiger partial charge in [-0.2, -0.15) is 4.31 Å². The van der Waals surface area contributed by atoms with Gasteiger partial charge in [0.1, 0.15) is 0 Å². The summed E-state index contributed by atoms with van der Waals surface area (Å²) in [6.45, 7) is 1.44. The molecular weight excluding hydrogens is 256 g/mol. The van der Waals surface area contributed by atoms with Crippen LogP contribution in [0.1, 0.15) is 16.9 Å². The van der Waals surface area contributed by atoms with E-state index in [1.807, 2.05) is 11.4 Å². The molecule has 0 atom stereocenters. The van der Waals surface area contributed by atoms with Crippen LogP contribution in [0.2, 0.25) is 0 Å². The Balaban J connectivity index is 2.07. The second kappa shape index (κ2) is 5.19. The van der Waals surface area contributed by atoms with Crippen molar-refractivity contribution in [3.63, 3.8) is 0 Å². The average molecular weight is 270 g/mol. The van der Waals surface area contributed by atoms with Gasteiger partial charge >= 0.3 is 0 Å². The Morgan fingerprint density at radius 1 is 1.53 bits per heavy atom. The van der Waals surface area contributed by atoms with Crippen LogP contribution >= 0.6 is 11.3 Å². The Kier molecular flexibility index (Phi) is 3.84. The summed E-state index contributed by atoms with van der Waals surface area (Å²) in [6.07, 6.45) is 0.730. The fraction of sp³-hybridized carbons (Fsp3) is 0.455. The lowest BCUT2D eigenvalue weighted by molar-refractivity contribution is 0.443. The zero-order valence-electron chi connectivity index (χ0n) is 9.35. The van der Waals surface area contributed by atoms with Crippen LogP contribution in [0.3, 0.4) is 0 Å².